The van der Waals surface area contributed by atoms with Crippen molar-refractivity contribution in [2.24, 2.45) is 16.1 Å². The van der Waals surface area contributed by atoms with Gasteiger partial charge in [-0.3, -0.25) is 9.79 Å². The van der Waals surface area contributed by atoms with Crippen LogP contribution in [0, 0.1) is 5.41 Å². The molecule has 1 saturated heterocycles. The summed E-state index contributed by atoms with van der Waals surface area (Å²) >= 11 is 1.95. The molecule has 20 heavy (non-hydrogen) atoms. The zero-order valence-electron chi connectivity index (χ0n) is 12.6. The third-order valence-corrected chi connectivity index (χ3v) is 5.24. The van der Waals surface area contributed by atoms with Crippen LogP contribution in [0.3, 0.4) is 0 Å². The Balaban J connectivity index is 2.03. The van der Waals surface area contributed by atoms with Crippen molar-refractivity contribution in [3.05, 3.63) is 0 Å². The SMILES string of the molecule is CN(C)C(=O)C1(CN=C(N)N2CCSCC2)CCCC1. The summed E-state index contributed by atoms with van der Waals surface area (Å²) in [6.07, 6.45) is 4.12. The molecule has 1 saturated carbocycles. The van der Waals surface area contributed by atoms with Gasteiger partial charge >= 0.3 is 0 Å². The molecule has 0 aromatic carbocycles. The molecule has 0 atom stereocenters. The van der Waals surface area contributed by atoms with E-state index in [4.69, 9.17) is 5.73 Å². The molecule has 2 aliphatic rings. The van der Waals surface area contributed by atoms with Gasteiger partial charge in [-0.1, -0.05) is 12.8 Å². The molecule has 1 aliphatic carbocycles. The number of hydrogen-bond acceptors (Lipinski definition) is 3. The van der Waals surface area contributed by atoms with Crippen molar-refractivity contribution < 1.29 is 4.79 Å². The molecule has 0 unspecified atom stereocenters. The highest BCUT2D eigenvalue weighted by atomic mass is 32.2. The number of hydrogen-bond donors (Lipinski definition) is 1. The van der Waals surface area contributed by atoms with Crippen LogP contribution in [0.4, 0.5) is 0 Å². The summed E-state index contributed by atoms with van der Waals surface area (Å²) in [6, 6.07) is 0. The second kappa shape index (κ2) is 6.70. The highest BCUT2D eigenvalue weighted by molar-refractivity contribution is 7.99. The molecule has 2 rings (SSSR count). The van der Waals surface area contributed by atoms with Crippen molar-refractivity contribution in [1.82, 2.24) is 9.80 Å². The lowest BCUT2D eigenvalue weighted by Gasteiger charge is -2.31. The highest BCUT2D eigenvalue weighted by Crippen LogP contribution is 2.39. The van der Waals surface area contributed by atoms with Gasteiger partial charge in [0.1, 0.15) is 0 Å². The minimum absolute atomic E-state index is 0.209. The summed E-state index contributed by atoms with van der Waals surface area (Å²) in [6.45, 7) is 2.47. The van der Waals surface area contributed by atoms with Gasteiger partial charge < -0.3 is 15.5 Å². The first kappa shape index (κ1) is 15.5. The largest absolute Gasteiger partial charge is 0.370 e. The number of guanidine groups is 1. The first-order valence-corrected chi connectivity index (χ1v) is 8.55. The number of carbonyl (C=O) groups is 1. The minimum atomic E-state index is -0.307. The molecule has 0 aromatic heterocycles. The van der Waals surface area contributed by atoms with E-state index in [0.717, 1.165) is 50.3 Å². The first-order chi connectivity index (χ1) is 9.55. The van der Waals surface area contributed by atoms with Crippen molar-refractivity contribution in [2.75, 3.05) is 45.2 Å². The molecule has 1 amide bonds. The second-order valence-electron chi connectivity index (χ2n) is 5.96. The van der Waals surface area contributed by atoms with Crippen LogP contribution in [0.15, 0.2) is 4.99 Å². The topological polar surface area (TPSA) is 61.9 Å². The van der Waals surface area contributed by atoms with Crippen LogP contribution in [-0.2, 0) is 4.79 Å². The number of nitrogens with two attached hydrogens (primary N) is 1. The number of rotatable bonds is 3. The Labute approximate surface area is 126 Å². The minimum Gasteiger partial charge on any atom is -0.370 e. The Bertz CT molecular complexity index is 371. The number of amides is 1. The molecule has 2 fully saturated rings. The number of aliphatic imine (C=N–C) groups is 1. The van der Waals surface area contributed by atoms with Gasteiger partial charge in [0.05, 0.1) is 12.0 Å². The summed E-state index contributed by atoms with van der Waals surface area (Å²) in [5.41, 5.74) is 5.80. The Kier molecular flexibility index (Phi) is 5.18. The van der Waals surface area contributed by atoms with E-state index in [1.807, 2.05) is 25.9 Å². The lowest BCUT2D eigenvalue weighted by molar-refractivity contribution is -0.138. The fourth-order valence-electron chi connectivity index (χ4n) is 3.09. The van der Waals surface area contributed by atoms with E-state index in [9.17, 15) is 4.79 Å². The molecule has 5 nitrogen and oxygen atoms in total. The van der Waals surface area contributed by atoms with Gasteiger partial charge in [-0.25, -0.2) is 0 Å². The maximum absolute atomic E-state index is 12.5. The van der Waals surface area contributed by atoms with E-state index in [0.29, 0.717) is 12.5 Å². The smallest absolute Gasteiger partial charge is 0.230 e. The summed E-state index contributed by atoms with van der Waals surface area (Å²) in [5, 5.41) is 0. The van der Waals surface area contributed by atoms with Gasteiger partial charge in [0, 0.05) is 38.7 Å². The van der Waals surface area contributed by atoms with Crippen molar-refractivity contribution in [3.8, 4) is 0 Å². The fourth-order valence-corrected chi connectivity index (χ4v) is 3.99. The molecular formula is C14H26N4OS. The van der Waals surface area contributed by atoms with Crippen LogP contribution in [-0.4, -0.2) is 66.9 Å². The third-order valence-electron chi connectivity index (χ3n) is 4.30. The predicted octanol–water partition coefficient (Wildman–Crippen LogP) is 0.999. The average molecular weight is 298 g/mol. The molecule has 1 heterocycles. The zero-order chi connectivity index (χ0) is 14.6. The summed E-state index contributed by atoms with van der Waals surface area (Å²) in [4.78, 5) is 20.9. The summed E-state index contributed by atoms with van der Waals surface area (Å²) in [5.74, 6) is 3.04. The van der Waals surface area contributed by atoms with E-state index < -0.39 is 0 Å². The molecule has 0 spiro atoms. The normalized spacial score (nSPS) is 22.9. The van der Waals surface area contributed by atoms with Crippen LogP contribution in [0.5, 0.6) is 0 Å². The van der Waals surface area contributed by atoms with Crippen LogP contribution in [0.25, 0.3) is 0 Å². The van der Waals surface area contributed by atoms with Crippen molar-refractivity contribution in [1.29, 1.82) is 0 Å². The summed E-state index contributed by atoms with van der Waals surface area (Å²) < 4.78 is 0. The van der Waals surface area contributed by atoms with Crippen LogP contribution >= 0.6 is 11.8 Å². The lowest BCUT2D eigenvalue weighted by Crippen LogP contribution is -2.45. The van der Waals surface area contributed by atoms with Gasteiger partial charge in [0.25, 0.3) is 0 Å². The van der Waals surface area contributed by atoms with Crippen molar-refractivity contribution >= 4 is 23.6 Å². The van der Waals surface area contributed by atoms with Gasteiger partial charge in [0.2, 0.25) is 5.91 Å². The third kappa shape index (κ3) is 3.40. The standard InChI is InChI=1S/C14H26N4OS/c1-17(2)12(19)14(5-3-4-6-14)11-16-13(15)18-7-9-20-10-8-18/h3-11H2,1-2H3,(H2,15,16). The van der Waals surface area contributed by atoms with Gasteiger partial charge in [-0.15, -0.1) is 0 Å². The van der Waals surface area contributed by atoms with Crippen LogP contribution < -0.4 is 5.73 Å². The molecule has 0 aromatic rings. The molecule has 1 aliphatic heterocycles. The lowest BCUT2D eigenvalue weighted by atomic mass is 9.85. The van der Waals surface area contributed by atoms with E-state index in [-0.39, 0.29) is 11.3 Å². The molecule has 2 N–H and O–H groups in total. The Hall–Kier alpha value is -0.910. The number of carbonyl (C=O) groups excluding carboxylic acids is 1. The van der Waals surface area contributed by atoms with E-state index in [2.05, 4.69) is 9.89 Å². The Morgan fingerprint density at radius 3 is 2.45 bits per heavy atom. The first-order valence-electron chi connectivity index (χ1n) is 7.39. The average Bonchev–Trinajstić information content (AvgIpc) is 2.94. The van der Waals surface area contributed by atoms with Crippen LogP contribution in [0.1, 0.15) is 25.7 Å². The fraction of sp³-hybridized carbons (Fsp3) is 0.857. The van der Waals surface area contributed by atoms with Crippen molar-refractivity contribution in [2.45, 2.75) is 25.7 Å². The van der Waals surface area contributed by atoms with Gasteiger partial charge in [-0.05, 0) is 12.8 Å². The summed E-state index contributed by atoms with van der Waals surface area (Å²) in [7, 11) is 3.66. The molecule has 6 heteroatoms. The van der Waals surface area contributed by atoms with E-state index in [1.54, 1.807) is 4.90 Å². The zero-order valence-corrected chi connectivity index (χ0v) is 13.4. The quantitative estimate of drug-likeness (QED) is 0.624. The van der Waals surface area contributed by atoms with Crippen molar-refractivity contribution in [3.63, 3.8) is 0 Å². The monoisotopic (exact) mass is 298 g/mol. The highest BCUT2D eigenvalue weighted by Gasteiger charge is 2.42. The van der Waals surface area contributed by atoms with E-state index >= 15 is 0 Å². The maximum Gasteiger partial charge on any atom is 0.230 e. The molecule has 0 bridgehead atoms. The number of nitrogens with zero attached hydrogens (tertiary/aromatic N) is 3. The second-order valence-corrected chi connectivity index (χ2v) is 7.19. The maximum atomic E-state index is 12.5. The Morgan fingerprint density at radius 1 is 1.30 bits per heavy atom. The molecule has 0 radical (unpaired) electrons. The molecular weight excluding hydrogens is 272 g/mol. The molecule has 114 valence electrons. The van der Waals surface area contributed by atoms with Gasteiger partial charge in [-0.2, -0.15) is 11.8 Å². The number of thioether (sulfide) groups is 1. The van der Waals surface area contributed by atoms with E-state index in [1.165, 1.54) is 0 Å². The predicted molar refractivity (Wildman–Crippen MR) is 85.0 cm³/mol. The Morgan fingerprint density at radius 2 is 1.90 bits per heavy atom. The van der Waals surface area contributed by atoms with Crippen LogP contribution in [0.2, 0.25) is 0 Å². The van der Waals surface area contributed by atoms with Gasteiger partial charge in [0.15, 0.2) is 5.96 Å².